The van der Waals surface area contributed by atoms with Crippen LogP contribution in [0.3, 0.4) is 0 Å². The summed E-state index contributed by atoms with van der Waals surface area (Å²) in [4.78, 5) is 33.2. The molecule has 1 saturated heterocycles. The molecule has 1 aliphatic rings. The van der Waals surface area contributed by atoms with Gasteiger partial charge in [-0.1, -0.05) is 30.3 Å². The summed E-state index contributed by atoms with van der Waals surface area (Å²) in [6.45, 7) is 4.81. The molecule has 31 heavy (non-hydrogen) atoms. The SMILES string of the molecule is Cc1nc(-c2ccc(NC(=O)NCC(=O)N3CCN(c4ccccc4)CC3)cc2)cs1. The number of hydrogen-bond acceptors (Lipinski definition) is 5. The molecule has 0 spiro atoms. The van der Waals surface area contributed by atoms with Crippen molar-refractivity contribution < 1.29 is 9.59 Å². The molecule has 2 heterocycles. The van der Waals surface area contributed by atoms with Gasteiger partial charge < -0.3 is 20.4 Å². The number of anilines is 2. The van der Waals surface area contributed by atoms with E-state index in [1.54, 1.807) is 16.2 Å². The number of aromatic nitrogens is 1. The van der Waals surface area contributed by atoms with Crippen LogP contribution in [0.5, 0.6) is 0 Å². The van der Waals surface area contributed by atoms with Crippen LogP contribution in [-0.4, -0.2) is 54.5 Å². The summed E-state index contributed by atoms with van der Waals surface area (Å²) < 4.78 is 0. The molecule has 160 valence electrons. The van der Waals surface area contributed by atoms with Crippen molar-refractivity contribution in [3.05, 3.63) is 65.0 Å². The summed E-state index contributed by atoms with van der Waals surface area (Å²) in [5, 5.41) is 8.45. The Morgan fingerprint density at radius 2 is 1.71 bits per heavy atom. The minimum Gasteiger partial charge on any atom is -0.368 e. The van der Waals surface area contributed by atoms with Gasteiger partial charge in [0, 0.05) is 48.5 Å². The second-order valence-corrected chi connectivity index (χ2v) is 8.40. The van der Waals surface area contributed by atoms with Gasteiger partial charge in [0.15, 0.2) is 0 Å². The van der Waals surface area contributed by atoms with E-state index in [-0.39, 0.29) is 12.5 Å². The maximum Gasteiger partial charge on any atom is 0.319 e. The summed E-state index contributed by atoms with van der Waals surface area (Å²) in [6.07, 6.45) is 0. The quantitative estimate of drug-likeness (QED) is 0.642. The first-order chi connectivity index (χ1) is 15.1. The van der Waals surface area contributed by atoms with Gasteiger partial charge in [-0.2, -0.15) is 0 Å². The molecule has 2 N–H and O–H groups in total. The molecule has 0 radical (unpaired) electrons. The van der Waals surface area contributed by atoms with E-state index in [1.807, 2.05) is 54.8 Å². The number of carbonyl (C=O) groups excluding carboxylic acids is 2. The second-order valence-electron chi connectivity index (χ2n) is 7.34. The molecule has 1 aromatic heterocycles. The van der Waals surface area contributed by atoms with Crippen LogP contribution >= 0.6 is 11.3 Å². The highest BCUT2D eigenvalue weighted by Gasteiger charge is 2.21. The Labute approximate surface area is 185 Å². The number of para-hydroxylation sites is 1. The third-order valence-corrected chi connectivity index (χ3v) is 5.98. The lowest BCUT2D eigenvalue weighted by Gasteiger charge is -2.36. The van der Waals surface area contributed by atoms with E-state index >= 15 is 0 Å². The predicted octanol–water partition coefficient (Wildman–Crippen LogP) is 3.59. The second kappa shape index (κ2) is 9.61. The Bertz CT molecular complexity index is 1030. The monoisotopic (exact) mass is 435 g/mol. The fourth-order valence-electron chi connectivity index (χ4n) is 3.52. The summed E-state index contributed by atoms with van der Waals surface area (Å²) in [7, 11) is 0. The molecule has 1 fully saturated rings. The topological polar surface area (TPSA) is 77.6 Å². The number of urea groups is 1. The maximum atomic E-state index is 12.5. The first-order valence-electron chi connectivity index (χ1n) is 10.2. The maximum absolute atomic E-state index is 12.5. The van der Waals surface area contributed by atoms with Gasteiger partial charge in [-0.05, 0) is 31.2 Å². The number of piperazine rings is 1. The van der Waals surface area contributed by atoms with Gasteiger partial charge in [-0.25, -0.2) is 9.78 Å². The third kappa shape index (κ3) is 5.40. The van der Waals surface area contributed by atoms with Gasteiger partial charge in [0.05, 0.1) is 17.2 Å². The molecule has 3 aromatic rings. The van der Waals surface area contributed by atoms with Gasteiger partial charge in [0.25, 0.3) is 0 Å². The molecule has 8 heteroatoms. The number of aryl methyl sites for hydroxylation is 1. The van der Waals surface area contributed by atoms with Crippen molar-refractivity contribution in [2.24, 2.45) is 0 Å². The van der Waals surface area contributed by atoms with Crippen LogP contribution in [0.4, 0.5) is 16.2 Å². The molecule has 0 aliphatic carbocycles. The van der Waals surface area contributed by atoms with E-state index < -0.39 is 6.03 Å². The Kier molecular flexibility index (Phi) is 6.47. The van der Waals surface area contributed by atoms with E-state index in [4.69, 9.17) is 0 Å². The first-order valence-corrected chi connectivity index (χ1v) is 11.1. The number of hydrogen-bond donors (Lipinski definition) is 2. The molecular formula is C23H25N5O2S. The molecule has 7 nitrogen and oxygen atoms in total. The van der Waals surface area contributed by atoms with Gasteiger partial charge in [0.2, 0.25) is 5.91 Å². The summed E-state index contributed by atoms with van der Waals surface area (Å²) >= 11 is 1.60. The van der Waals surface area contributed by atoms with Crippen LogP contribution < -0.4 is 15.5 Å². The summed E-state index contributed by atoms with van der Waals surface area (Å²) in [5.74, 6) is -0.0721. The van der Waals surface area contributed by atoms with Crippen LogP contribution in [0.1, 0.15) is 5.01 Å². The lowest BCUT2D eigenvalue weighted by molar-refractivity contribution is -0.130. The Balaban J connectivity index is 1.21. The molecule has 1 aliphatic heterocycles. The third-order valence-electron chi connectivity index (χ3n) is 5.21. The zero-order valence-corrected chi connectivity index (χ0v) is 18.2. The number of amides is 3. The fraction of sp³-hybridized carbons (Fsp3) is 0.261. The van der Waals surface area contributed by atoms with E-state index in [0.29, 0.717) is 18.8 Å². The standard InChI is InChI=1S/C23H25N5O2S/c1-17-25-21(16-31-17)18-7-9-19(10-8-18)26-23(30)24-15-22(29)28-13-11-27(12-14-28)20-5-3-2-4-6-20/h2-10,16H,11-15H2,1H3,(H2,24,26,30). The van der Waals surface area contributed by atoms with E-state index in [9.17, 15) is 9.59 Å². The highest BCUT2D eigenvalue weighted by molar-refractivity contribution is 7.09. The van der Waals surface area contributed by atoms with E-state index in [0.717, 1.165) is 29.4 Å². The largest absolute Gasteiger partial charge is 0.368 e. The highest BCUT2D eigenvalue weighted by atomic mass is 32.1. The van der Waals surface area contributed by atoms with Gasteiger partial charge in [-0.3, -0.25) is 4.79 Å². The number of carbonyl (C=O) groups is 2. The molecule has 0 bridgehead atoms. The normalized spacial score (nSPS) is 13.7. The van der Waals surface area contributed by atoms with Crippen LogP contribution in [-0.2, 0) is 4.79 Å². The highest BCUT2D eigenvalue weighted by Crippen LogP contribution is 2.23. The van der Waals surface area contributed by atoms with Crippen molar-refractivity contribution in [1.29, 1.82) is 0 Å². The van der Waals surface area contributed by atoms with Crippen LogP contribution in [0.2, 0.25) is 0 Å². The lowest BCUT2D eigenvalue weighted by atomic mass is 10.1. The molecule has 0 saturated carbocycles. The Hall–Kier alpha value is -3.39. The molecule has 2 aromatic carbocycles. The van der Waals surface area contributed by atoms with Crippen LogP contribution in [0, 0.1) is 6.92 Å². The van der Waals surface area contributed by atoms with Gasteiger partial charge in [-0.15, -0.1) is 11.3 Å². The average molecular weight is 436 g/mol. The zero-order valence-electron chi connectivity index (χ0n) is 17.4. The molecular weight excluding hydrogens is 410 g/mol. The van der Waals surface area contributed by atoms with Gasteiger partial charge >= 0.3 is 6.03 Å². The molecule has 4 rings (SSSR count). The van der Waals surface area contributed by atoms with Crippen molar-refractivity contribution in [1.82, 2.24) is 15.2 Å². The van der Waals surface area contributed by atoms with Crippen molar-refractivity contribution in [3.63, 3.8) is 0 Å². The number of nitrogens with one attached hydrogen (secondary N) is 2. The summed E-state index contributed by atoms with van der Waals surface area (Å²) in [5.41, 5.74) is 3.76. The number of nitrogens with zero attached hydrogens (tertiary/aromatic N) is 3. The Morgan fingerprint density at radius 3 is 2.35 bits per heavy atom. The van der Waals surface area contributed by atoms with E-state index in [1.165, 1.54) is 5.69 Å². The van der Waals surface area contributed by atoms with E-state index in [2.05, 4.69) is 32.7 Å². The van der Waals surface area contributed by atoms with Gasteiger partial charge in [0.1, 0.15) is 0 Å². The summed E-state index contributed by atoms with van der Waals surface area (Å²) in [6, 6.07) is 17.3. The first kappa shape index (κ1) is 20.9. The predicted molar refractivity (Wildman–Crippen MR) is 125 cm³/mol. The molecule has 0 unspecified atom stereocenters. The van der Waals surface area contributed by atoms with Crippen LogP contribution in [0.25, 0.3) is 11.3 Å². The molecule has 3 amide bonds. The lowest BCUT2D eigenvalue weighted by Crippen LogP contribution is -2.51. The smallest absolute Gasteiger partial charge is 0.319 e. The Morgan fingerprint density at radius 1 is 1.00 bits per heavy atom. The van der Waals surface area contributed by atoms with Crippen molar-refractivity contribution in [3.8, 4) is 11.3 Å². The van der Waals surface area contributed by atoms with Crippen LogP contribution in [0.15, 0.2) is 60.0 Å². The zero-order chi connectivity index (χ0) is 21.6. The number of benzene rings is 2. The minimum atomic E-state index is -0.395. The number of rotatable bonds is 5. The van der Waals surface area contributed by atoms with Crippen molar-refractivity contribution >= 4 is 34.6 Å². The van der Waals surface area contributed by atoms with Crippen molar-refractivity contribution in [2.75, 3.05) is 42.9 Å². The average Bonchev–Trinajstić information content (AvgIpc) is 3.25. The molecule has 0 atom stereocenters. The number of thiazole rings is 1. The van der Waals surface area contributed by atoms with Crippen molar-refractivity contribution in [2.45, 2.75) is 6.92 Å². The fourth-order valence-corrected chi connectivity index (χ4v) is 4.14. The minimum absolute atomic E-state index is 0.0205.